The summed E-state index contributed by atoms with van der Waals surface area (Å²) in [4.78, 5) is 27.3. The number of carbonyl (C=O) groups is 2. The van der Waals surface area contributed by atoms with Gasteiger partial charge in [0, 0.05) is 11.3 Å². The van der Waals surface area contributed by atoms with Crippen molar-refractivity contribution >= 4 is 34.7 Å². The third kappa shape index (κ3) is 4.61. The molecule has 1 aliphatic heterocycles. The highest BCUT2D eigenvalue weighted by Gasteiger charge is 2.47. The number of aliphatic hydroxyl groups excluding tert-OH is 1. The number of phenolic OH excluding ortho intramolecular Hbond substituents is 1. The average Bonchev–Trinajstić information content (AvgIpc) is 3.10. The smallest absolute Gasteiger partial charge is 0.416 e. The lowest BCUT2D eigenvalue weighted by Crippen LogP contribution is -2.29. The Morgan fingerprint density at radius 2 is 1.75 bits per heavy atom. The molecule has 10 heteroatoms. The third-order valence-electron chi connectivity index (χ3n) is 5.61. The van der Waals surface area contributed by atoms with Crippen LogP contribution >= 0.6 is 11.6 Å². The first-order chi connectivity index (χ1) is 17.0. The maximum absolute atomic E-state index is 13.2. The molecule has 4 rings (SSSR count). The minimum Gasteiger partial charge on any atom is -0.508 e. The number of hydrogen-bond acceptors (Lipinski definition) is 5. The third-order valence-corrected chi connectivity index (χ3v) is 5.92. The van der Waals surface area contributed by atoms with Crippen LogP contribution in [0.1, 0.15) is 29.7 Å². The number of anilines is 1. The van der Waals surface area contributed by atoms with Crippen LogP contribution in [0.4, 0.5) is 18.9 Å². The first-order valence-electron chi connectivity index (χ1n) is 10.7. The number of rotatable bonds is 5. The van der Waals surface area contributed by atoms with E-state index < -0.39 is 35.2 Å². The molecule has 0 saturated carbocycles. The Balaban J connectivity index is 1.91. The van der Waals surface area contributed by atoms with Crippen molar-refractivity contribution in [2.24, 2.45) is 0 Å². The summed E-state index contributed by atoms with van der Waals surface area (Å²) in [5.74, 6) is -2.56. The van der Waals surface area contributed by atoms with Gasteiger partial charge in [0.05, 0.1) is 28.8 Å². The lowest BCUT2D eigenvalue weighted by atomic mass is 9.95. The highest BCUT2D eigenvalue weighted by molar-refractivity contribution is 6.51. The first-order valence-corrected chi connectivity index (χ1v) is 11.1. The van der Waals surface area contributed by atoms with Gasteiger partial charge in [-0.1, -0.05) is 23.7 Å². The van der Waals surface area contributed by atoms with Crippen LogP contribution in [0, 0.1) is 0 Å². The molecule has 3 aromatic rings. The molecule has 2 N–H and O–H groups in total. The normalized spacial score (nSPS) is 17.5. The molecular weight excluding hydrogens is 499 g/mol. The van der Waals surface area contributed by atoms with E-state index in [-0.39, 0.29) is 45.5 Å². The van der Waals surface area contributed by atoms with E-state index in [2.05, 4.69) is 0 Å². The molecule has 1 amide bonds. The number of amides is 1. The van der Waals surface area contributed by atoms with Gasteiger partial charge in [-0.15, -0.1) is 0 Å². The van der Waals surface area contributed by atoms with Crippen LogP contribution in [0.2, 0.25) is 5.02 Å². The number of carbonyl (C=O) groups excluding carboxylic acids is 2. The molecule has 3 aromatic carbocycles. The van der Waals surface area contributed by atoms with Gasteiger partial charge in [0.2, 0.25) is 0 Å². The molecule has 6 nitrogen and oxygen atoms in total. The molecular formula is C26H19ClF3NO5. The number of halogens is 4. The fourth-order valence-electron chi connectivity index (χ4n) is 3.99. The largest absolute Gasteiger partial charge is 0.508 e. The Morgan fingerprint density at radius 1 is 1.06 bits per heavy atom. The SMILES string of the molecule is CCOc1cc(/C(O)=C2/C(=O)C(=O)N(c3ccc(C(F)(F)F)cc3)C2c2cccc(O)c2)ccc1Cl. The van der Waals surface area contributed by atoms with Crippen LogP contribution < -0.4 is 9.64 Å². The standard InChI is InChI=1S/C26H19ClF3NO5/c1-2-36-20-13-15(6-11-19(20)27)23(33)21-22(14-4-3-5-18(32)12-14)31(25(35)24(21)34)17-9-7-16(8-10-17)26(28,29)30/h3-13,22,32-33H,2H2,1H3/b23-21-. The molecule has 36 heavy (non-hydrogen) atoms. The molecule has 0 radical (unpaired) electrons. The number of aromatic hydroxyl groups is 1. The van der Waals surface area contributed by atoms with Crippen molar-refractivity contribution in [2.75, 3.05) is 11.5 Å². The quantitative estimate of drug-likeness (QED) is 0.243. The second-order valence-corrected chi connectivity index (χ2v) is 8.29. The summed E-state index contributed by atoms with van der Waals surface area (Å²) in [6.07, 6.45) is -4.59. The first kappa shape index (κ1) is 25.1. The van der Waals surface area contributed by atoms with Crippen molar-refractivity contribution in [3.05, 3.63) is 94.0 Å². The zero-order chi connectivity index (χ0) is 26.2. The number of benzene rings is 3. The van der Waals surface area contributed by atoms with Crippen LogP contribution in [0.15, 0.2) is 72.3 Å². The fraction of sp³-hybridized carbons (Fsp3) is 0.154. The van der Waals surface area contributed by atoms with Crippen molar-refractivity contribution in [3.8, 4) is 11.5 Å². The second-order valence-electron chi connectivity index (χ2n) is 7.89. The number of nitrogens with zero attached hydrogens (tertiary/aromatic N) is 1. The molecule has 0 spiro atoms. The summed E-state index contributed by atoms with van der Waals surface area (Å²) in [5, 5.41) is 21.5. The number of ether oxygens (including phenoxy) is 1. The Morgan fingerprint density at radius 3 is 2.36 bits per heavy atom. The number of aliphatic hydroxyl groups is 1. The van der Waals surface area contributed by atoms with Gasteiger partial charge >= 0.3 is 6.18 Å². The number of phenols is 1. The van der Waals surface area contributed by atoms with E-state index in [1.54, 1.807) is 6.92 Å². The highest BCUT2D eigenvalue weighted by Crippen LogP contribution is 2.44. The molecule has 186 valence electrons. The highest BCUT2D eigenvalue weighted by atomic mass is 35.5. The van der Waals surface area contributed by atoms with Gasteiger partial charge in [0.1, 0.15) is 17.3 Å². The average molecular weight is 518 g/mol. The van der Waals surface area contributed by atoms with Crippen LogP contribution in [0.3, 0.4) is 0 Å². The Labute approximate surface area is 208 Å². The maximum Gasteiger partial charge on any atom is 0.416 e. The number of Topliss-reactive ketones (excluding diaryl/α,β-unsaturated/α-hetero) is 1. The van der Waals surface area contributed by atoms with Crippen molar-refractivity contribution < 1.29 is 37.7 Å². The molecule has 1 atom stereocenters. The van der Waals surface area contributed by atoms with Gasteiger partial charge in [-0.05, 0) is 67.1 Å². The van der Waals surface area contributed by atoms with E-state index in [1.165, 1.54) is 42.5 Å². The van der Waals surface area contributed by atoms with E-state index in [1.807, 2.05) is 0 Å². The zero-order valence-electron chi connectivity index (χ0n) is 18.7. The molecule has 0 aromatic heterocycles. The van der Waals surface area contributed by atoms with Crippen LogP contribution in [-0.2, 0) is 15.8 Å². The number of alkyl halides is 3. The van der Waals surface area contributed by atoms with E-state index in [0.29, 0.717) is 0 Å². The van der Waals surface area contributed by atoms with Crippen molar-refractivity contribution in [1.29, 1.82) is 0 Å². The van der Waals surface area contributed by atoms with E-state index >= 15 is 0 Å². The molecule has 1 aliphatic rings. The molecule has 1 fully saturated rings. The lowest BCUT2D eigenvalue weighted by Gasteiger charge is -2.26. The monoisotopic (exact) mass is 517 g/mol. The summed E-state index contributed by atoms with van der Waals surface area (Å²) < 4.78 is 44.7. The summed E-state index contributed by atoms with van der Waals surface area (Å²) in [5.41, 5.74) is -0.840. The molecule has 1 unspecified atom stereocenters. The Kier molecular flexibility index (Phi) is 6.69. The zero-order valence-corrected chi connectivity index (χ0v) is 19.5. The van der Waals surface area contributed by atoms with Gasteiger partial charge in [-0.2, -0.15) is 13.2 Å². The summed E-state index contributed by atoms with van der Waals surface area (Å²) in [6.45, 7) is 2.02. The van der Waals surface area contributed by atoms with Crippen LogP contribution in [-0.4, -0.2) is 28.5 Å². The lowest BCUT2D eigenvalue weighted by molar-refractivity contribution is -0.137. The van der Waals surface area contributed by atoms with Crippen molar-refractivity contribution in [3.63, 3.8) is 0 Å². The van der Waals surface area contributed by atoms with Gasteiger partial charge in [-0.3, -0.25) is 14.5 Å². The van der Waals surface area contributed by atoms with Gasteiger partial charge < -0.3 is 14.9 Å². The van der Waals surface area contributed by atoms with Gasteiger partial charge in [-0.25, -0.2) is 0 Å². The topological polar surface area (TPSA) is 87.1 Å². The van der Waals surface area contributed by atoms with Crippen molar-refractivity contribution in [1.82, 2.24) is 0 Å². The van der Waals surface area contributed by atoms with Gasteiger partial charge in [0.25, 0.3) is 11.7 Å². The molecule has 1 heterocycles. The minimum atomic E-state index is -4.59. The fourth-order valence-corrected chi connectivity index (χ4v) is 4.16. The van der Waals surface area contributed by atoms with Gasteiger partial charge in [0.15, 0.2) is 0 Å². The second kappa shape index (κ2) is 9.58. The summed E-state index contributed by atoms with van der Waals surface area (Å²) >= 11 is 6.12. The van der Waals surface area contributed by atoms with E-state index in [4.69, 9.17) is 16.3 Å². The minimum absolute atomic E-state index is 0.00334. The Hall–Kier alpha value is -3.98. The van der Waals surface area contributed by atoms with E-state index in [0.717, 1.165) is 29.2 Å². The van der Waals surface area contributed by atoms with Crippen LogP contribution in [0.25, 0.3) is 5.76 Å². The number of hydrogen-bond donors (Lipinski definition) is 2. The predicted octanol–water partition coefficient (Wildman–Crippen LogP) is 6.09. The van der Waals surface area contributed by atoms with E-state index in [9.17, 15) is 33.0 Å². The predicted molar refractivity (Wildman–Crippen MR) is 127 cm³/mol. The summed E-state index contributed by atoms with van der Waals surface area (Å²) in [7, 11) is 0. The number of ketones is 1. The van der Waals surface area contributed by atoms with Crippen LogP contribution in [0.5, 0.6) is 11.5 Å². The molecule has 1 saturated heterocycles. The molecule has 0 aliphatic carbocycles. The summed E-state index contributed by atoms with van der Waals surface area (Å²) in [6, 6.07) is 12.5. The van der Waals surface area contributed by atoms with Crippen molar-refractivity contribution in [2.45, 2.75) is 19.1 Å². The maximum atomic E-state index is 13.2. The molecule has 0 bridgehead atoms. The Bertz CT molecular complexity index is 1370.